The molecule has 1 amide bonds. The van der Waals surface area contributed by atoms with Crippen LogP contribution >= 0.6 is 0 Å². The molecule has 2 aromatic carbocycles. The molecule has 1 atom stereocenters. The van der Waals surface area contributed by atoms with Gasteiger partial charge >= 0.3 is 5.97 Å². The summed E-state index contributed by atoms with van der Waals surface area (Å²) in [6.07, 6.45) is 10.0. The number of amides is 1. The summed E-state index contributed by atoms with van der Waals surface area (Å²) in [5.74, 6) is 0.0545. The Morgan fingerprint density at radius 2 is 1.68 bits per heavy atom. The van der Waals surface area contributed by atoms with E-state index in [4.69, 9.17) is 9.84 Å². The van der Waals surface area contributed by atoms with Crippen molar-refractivity contribution in [3.05, 3.63) is 83.7 Å². The maximum Gasteiger partial charge on any atom is 0.305 e. The van der Waals surface area contributed by atoms with Gasteiger partial charge in [-0.2, -0.15) is 0 Å². The Labute approximate surface area is 226 Å². The number of hydrogen-bond donors (Lipinski definition) is 2. The van der Waals surface area contributed by atoms with E-state index >= 15 is 0 Å². The Bertz CT molecular complexity index is 1160. The molecule has 1 aromatic heterocycles. The molecule has 0 spiro atoms. The SMILES string of the molecule is CCCCCCC(Oc1ccc(C(=O)NCCC(=O)O)cc1)c1cncc(-c2ccc(CC(C)C)cc2)c1. The van der Waals surface area contributed by atoms with Gasteiger partial charge in [-0.05, 0) is 66.6 Å². The van der Waals surface area contributed by atoms with Gasteiger partial charge < -0.3 is 15.2 Å². The minimum Gasteiger partial charge on any atom is -0.486 e. The Morgan fingerprint density at radius 3 is 2.34 bits per heavy atom. The molecule has 1 heterocycles. The molecule has 6 heteroatoms. The molecule has 0 fully saturated rings. The normalized spacial score (nSPS) is 11.8. The van der Waals surface area contributed by atoms with E-state index in [1.807, 2.05) is 12.4 Å². The molecule has 0 aliphatic heterocycles. The smallest absolute Gasteiger partial charge is 0.305 e. The van der Waals surface area contributed by atoms with Gasteiger partial charge in [0.1, 0.15) is 11.9 Å². The zero-order valence-corrected chi connectivity index (χ0v) is 22.8. The van der Waals surface area contributed by atoms with Gasteiger partial charge in [0.2, 0.25) is 0 Å². The van der Waals surface area contributed by atoms with Crippen molar-refractivity contribution < 1.29 is 19.4 Å². The second kappa shape index (κ2) is 14.9. The second-order valence-electron chi connectivity index (χ2n) is 10.2. The Hall–Kier alpha value is -3.67. The molecule has 3 rings (SSSR count). The summed E-state index contributed by atoms with van der Waals surface area (Å²) < 4.78 is 6.43. The number of rotatable bonds is 15. The van der Waals surface area contributed by atoms with Gasteiger partial charge in [0.25, 0.3) is 5.91 Å². The van der Waals surface area contributed by atoms with Crippen LogP contribution in [0.2, 0.25) is 0 Å². The number of nitrogens with one attached hydrogen (secondary N) is 1. The molecular weight excluding hydrogens is 476 g/mol. The maximum absolute atomic E-state index is 12.3. The number of carboxylic acids is 1. The molecule has 2 N–H and O–H groups in total. The van der Waals surface area contributed by atoms with E-state index in [0.29, 0.717) is 17.2 Å². The Morgan fingerprint density at radius 1 is 0.947 bits per heavy atom. The molecule has 0 saturated carbocycles. The molecule has 38 heavy (non-hydrogen) atoms. The molecule has 0 saturated heterocycles. The van der Waals surface area contributed by atoms with E-state index in [-0.39, 0.29) is 25.0 Å². The van der Waals surface area contributed by atoms with Crippen molar-refractivity contribution in [1.82, 2.24) is 10.3 Å². The fourth-order valence-electron chi connectivity index (χ4n) is 4.38. The summed E-state index contributed by atoms with van der Waals surface area (Å²) in [6, 6.07) is 17.9. The first-order valence-electron chi connectivity index (χ1n) is 13.7. The number of unbranched alkanes of at least 4 members (excludes halogenated alkanes) is 3. The number of carbonyl (C=O) groups is 2. The maximum atomic E-state index is 12.3. The van der Waals surface area contributed by atoms with Crippen LogP contribution in [0.3, 0.4) is 0 Å². The number of nitrogens with zero attached hydrogens (tertiary/aromatic N) is 1. The standard InChI is InChI=1S/C32H40N2O4/c1-4-5-6-7-8-30(38-29-15-13-26(14-16-29)32(37)34-18-17-31(35)36)28-20-27(21-33-22-28)25-11-9-24(10-12-25)19-23(2)3/h9-16,20-23,30H,4-8,17-19H2,1-3H3,(H,34,37)(H,35,36). The van der Waals surface area contributed by atoms with Crippen LogP contribution in [0.15, 0.2) is 67.0 Å². The fourth-order valence-corrected chi connectivity index (χ4v) is 4.38. The largest absolute Gasteiger partial charge is 0.486 e. The van der Waals surface area contributed by atoms with Gasteiger partial charge in [0.05, 0.1) is 6.42 Å². The Balaban J connectivity index is 1.74. The van der Waals surface area contributed by atoms with Gasteiger partial charge in [-0.3, -0.25) is 14.6 Å². The first kappa shape index (κ1) is 28.9. The van der Waals surface area contributed by atoms with Crippen LogP contribution in [0.25, 0.3) is 11.1 Å². The molecule has 1 unspecified atom stereocenters. The predicted octanol–water partition coefficient (Wildman–Crippen LogP) is 7.24. The highest BCUT2D eigenvalue weighted by atomic mass is 16.5. The minimum absolute atomic E-state index is 0.0933. The van der Waals surface area contributed by atoms with Crippen LogP contribution in [-0.2, 0) is 11.2 Å². The number of ether oxygens (including phenoxy) is 1. The van der Waals surface area contributed by atoms with E-state index in [1.54, 1.807) is 24.3 Å². The molecular formula is C32H40N2O4. The van der Waals surface area contributed by atoms with Crippen molar-refractivity contribution in [3.8, 4) is 16.9 Å². The van der Waals surface area contributed by atoms with Crippen LogP contribution in [0.4, 0.5) is 0 Å². The summed E-state index contributed by atoms with van der Waals surface area (Å²) in [4.78, 5) is 27.5. The van der Waals surface area contributed by atoms with Gasteiger partial charge in [-0.25, -0.2) is 0 Å². The van der Waals surface area contributed by atoms with Crippen molar-refractivity contribution in [2.45, 2.75) is 71.8 Å². The van der Waals surface area contributed by atoms with Crippen LogP contribution in [-0.4, -0.2) is 28.5 Å². The molecule has 0 radical (unpaired) electrons. The van der Waals surface area contributed by atoms with Crippen LogP contribution in [0.1, 0.15) is 86.9 Å². The first-order chi connectivity index (χ1) is 18.4. The predicted molar refractivity (Wildman–Crippen MR) is 151 cm³/mol. The van der Waals surface area contributed by atoms with Gasteiger partial charge in [-0.1, -0.05) is 64.3 Å². The number of aromatic nitrogens is 1. The van der Waals surface area contributed by atoms with Crippen LogP contribution < -0.4 is 10.1 Å². The van der Waals surface area contributed by atoms with Crippen LogP contribution in [0, 0.1) is 5.92 Å². The van der Waals surface area contributed by atoms with Crippen molar-refractivity contribution in [2.75, 3.05) is 6.54 Å². The third kappa shape index (κ3) is 9.33. The summed E-state index contributed by atoms with van der Waals surface area (Å²) in [6.45, 7) is 6.75. The number of pyridine rings is 1. The van der Waals surface area contributed by atoms with Gasteiger partial charge in [0.15, 0.2) is 0 Å². The van der Waals surface area contributed by atoms with E-state index in [2.05, 4.69) is 61.4 Å². The number of carboxylic acid groups (broad SMARTS) is 1. The lowest BCUT2D eigenvalue weighted by molar-refractivity contribution is -0.136. The summed E-state index contributed by atoms with van der Waals surface area (Å²) in [5, 5.41) is 11.4. The monoisotopic (exact) mass is 516 g/mol. The van der Waals surface area contributed by atoms with E-state index < -0.39 is 5.97 Å². The van der Waals surface area contributed by atoms with Crippen molar-refractivity contribution in [1.29, 1.82) is 0 Å². The van der Waals surface area contributed by atoms with E-state index in [0.717, 1.165) is 42.4 Å². The highest BCUT2D eigenvalue weighted by Gasteiger charge is 2.16. The first-order valence-corrected chi connectivity index (χ1v) is 13.7. The average Bonchev–Trinajstić information content (AvgIpc) is 2.90. The third-order valence-electron chi connectivity index (χ3n) is 6.40. The second-order valence-corrected chi connectivity index (χ2v) is 10.2. The third-order valence-corrected chi connectivity index (χ3v) is 6.40. The molecule has 3 aromatic rings. The summed E-state index contributed by atoms with van der Waals surface area (Å²) >= 11 is 0. The average molecular weight is 517 g/mol. The summed E-state index contributed by atoms with van der Waals surface area (Å²) in [7, 11) is 0. The number of hydrogen-bond acceptors (Lipinski definition) is 4. The summed E-state index contributed by atoms with van der Waals surface area (Å²) in [5.41, 5.74) is 5.03. The molecule has 6 nitrogen and oxygen atoms in total. The molecule has 0 aliphatic carbocycles. The molecule has 0 bridgehead atoms. The lowest BCUT2D eigenvalue weighted by atomic mass is 9.97. The van der Waals surface area contributed by atoms with E-state index in [9.17, 15) is 9.59 Å². The van der Waals surface area contributed by atoms with Crippen molar-refractivity contribution in [2.24, 2.45) is 5.92 Å². The fraction of sp³-hybridized carbons (Fsp3) is 0.406. The number of benzene rings is 2. The molecule has 0 aliphatic rings. The lowest BCUT2D eigenvalue weighted by Crippen LogP contribution is -2.25. The van der Waals surface area contributed by atoms with E-state index in [1.165, 1.54) is 18.4 Å². The quantitative estimate of drug-likeness (QED) is 0.208. The highest BCUT2D eigenvalue weighted by molar-refractivity contribution is 5.94. The topological polar surface area (TPSA) is 88.5 Å². The van der Waals surface area contributed by atoms with Gasteiger partial charge in [-0.15, -0.1) is 0 Å². The molecule has 202 valence electrons. The zero-order chi connectivity index (χ0) is 27.3. The van der Waals surface area contributed by atoms with Crippen LogP contribution in [0.5, 0.6) is 5.75 Å². The number of aliphatic carboxylic acids is 1. The van der Waals surface area contributed by atoms with Crippen molar-refractivity contribution in [3.63, 3.8) is 0 Å². The zero-order valence-electron chi connectivity index (χ0n) is 22.8. The highest BCUT2D eigenvalue weighted by Crippen LogP contribution is 2.30. The van der Waals surface area contributed by atoms with Crippen molar-refractivity contribution >= 4 is 11.9 Å². The minimum atomic E-state index is -0.944. The Kier molecular flexibility index (Phi) is 11.3. The van der Waals surface area contributed by atoms with Gasteiger partial charge in [0, 0.05) is 35.6 Å². The number of carbonyl (C=O) groups excluding carboxylic acids is 1. The lowest BCUT2D eigenvalue weighted by Gasteiger charge is -2.20.